The van der Waals surface area contributed by atoms with E-state index in [1.807, 2.05) is 30.3 Å². The molecule has 1 atom stereocenters. The molecular weight excluding hydrogens is 594 g/mol. The third kappa shape index (κ3) is 7.57. The number of ether oxygens (including phenoxy) is 1. The van der Waals surface area contributed by atoms with Crippen LogP contribution in [0.15, 0.2) is 96.0 Å². The standard InChI is InChI=1S/C32H33N7O5S/c1-20(2)45(42,43)27-15-8-7-14-25(27)37-29-28-26(16-17-33-28)38-31(39-29)36-24-13-9-12-23(18-24)35-30(40)21(3)34-32(41)44-19-22-10-5-4-6-11-22/h4-18,20-21,33H,19H2,1-3H3,(H,34,41)(H,35,40)(H2,36,37,38,39)/t21-/m0/s1. The van der Waals surface area contributed by atoms with Gasteiger partial charge in [-0.2, -0.15) is 4.98 Å². The number of alkyl carbamates (subject to hydrolysis) is 1. The minimum absolute atomic E-state index is 0.0894. The fourth-order valence-electron chi connectivity index (χ4n) is 4.35. The van der Waals surface area contributed by atoms with Gasteiger partial charge in [-0.15, -0.1) is 0 Å². The molecular formula is C32H33N7O5S. The summed E-state index contributed by atoms with van der Waals surface area (Å²) in [5, 5.41) is 11.0. The molecule has 0 saturated carbocycles. The average molecular weight is 628 g/mol. The second-order valence-corrected chi connectivity index (χ2v) is 12.9. The molecule has 5 N–H and O–H groups in total. The number of para-hydroxylation sites is 1. The van der Waals surface area contributed by atoms with Crippen molar-refractivity contribution in [2.75, 3.05) is 16.0 Å². The highest BCUT2D eigenvalue weighted by atomic mass is 32.2. The number of aromatic nitrogens is 3. The Bertz CT molecular complexity index is 1930. The van der Waals surface area contributed by atoms with E-state index in [4.69, 9.17) is 4.74 Å². The van der Waals surface area contributed by atoms with Crippen LogP contribution in [0.1, 0.15) is 26.3 Å². The van der Waals surface area contributed by atoms with Crippen molar-refractivity contribution in [3.8, 4) is 0 Å². The number of hydrogen-bond acceptors (Lipinski definition) is 9. The number of carbonyl (C=O) groups is 2. The summed E-state index contributed by atoms with van der Waals surface area (Å²) in [6, 6.07) is 23.7. The molecule has 5 aromatic rings. The molecule has 0 aliphatic carbocycles. The molecule has 2 amide bonds. The summed E-state index contributed by atoms with van der Waals surface area (Å²) in [5.74, 6) is 0.186. The molecule has 0 bridgehead atoms. The number of nitrogens with one attached hydrogen (secondary N) is 5. The molecule has 0 aliphatic heterocycles. The molecule has 13 heteroatoms. The van der Waals surface area contributed by atoms with Crippen molar-refractivity contribution in [2.45, 2.75) is 43.6 Å². The lowest BCUT2D eigenvalue weighted by molar-refractivity contribution is -0.117. The summed E-state index contributed by atoms with van der Waals surface area (Å²) in [7, 11) is -3.57. The number of aromatic amines is 1. The lowest BCUT2D eigenvalue weighted by Crippen LogP contribution is -2.41. The van der Waals surface area contributed by atoms with Crippen LogP contribution in [0, 0.1) is 0 Å². The number of benzene rings is 3. The third-order valence-electron chi connectivity index (χ3n) is 6.80. The van der Waals surface area contributed by atoms with E-state index in [0.29, 0.717) is 33.9 Å². The second-order valence-electron chi connectivity index (χ2n) is 10.5. The zero-order valence-corrected chi connectivity index (χ0v) is 25.7. The first-order valence-corrected chi connectivity index (χ1v) is 15.7. The van der Waals surface area contributed by atoms with Gasteiger partial charge >= 0.3 is 6.09 Å². The van der Waals surface area contributed by atoms with Crippen molar-refractivity contribution in [3.05, 3.63) is 96.7 Å². The monoisotopic (exact) mass is 627 g/mol. The van der Waals surface area contributed by atoms with Crippen LogP contribution in [0.2, 0.25) is 0 Å². The predicted octanol–water partition coefficient (Wildman–Crippen LogP) is 5.88. The summed E-state index contributed by atoms with van der Waals surface area (Å²) in [4.78, 5) is 37.4. The summed E-state index contributed by atoms with van der Waals surface area (Å²) in [5.41, 5.74) is 3.48. The van der Waals surface area contributed by atoms with E-state index in [1.165, 1.54) is 0 Å². The van der Waals surface area contributed by atoms with Gasteiger partial charge in [-0.25, -0.2) is 18.2 Å². The van der Waals surface area contributed by atoms with Crippen molar-refractivity contribution in [1.29, 1.82) is 0 Å². The SMILES string of the molecule is CC(C)S(=O)(=O)c1ccccc1Nc1nc(Nc2cccc(NC(=O)[C@H](C)NC(=O)OCc3ccccc3)c2)nc2cc[nH]c12. The van der Waals surface area contributed by atoms with Crippen LogP contribution in [-0.4, -0.2) is 46.7 Å². The smallest absolute Gasteiger partial charge is 0.408 e. The Balaban J connectivity index is 1.28. The number of carbonyl (C=O) groups excluding carboxylic acids is 2. The van der Waals surface area contributed by atoms with E-state index in [-0.39, 0.29) is 17.5 Å². The molecule has 12 nitrogen and oxygen atoms in total. The Hall–Kier alpha value is -5.43. The molecule has 0 unspecified atom stereocenters. The maximum Gasteiger partial charge on any atom is 0.408 e. The Morgan fingerprint density at radius 1 is 0.867 bits per heavy atom. The molecule has 0 aliphatic rings. The van der Waals surface area contributed by atoms with Gasteiger partial charge in [0.2, 0.25) is 11.9 Å². The second kappa shape index (κ2) is 13.5. The number of H-pyrrole nitrogens is 1. The van der Waals surface area contributed by atoms with E-state index < -0.39 is 33.1 Å². The number of fused-ring (bicyclic) bond motifs is 1. The van der Waals surface area contributed by atoms with Gasteiger partial charge in [0.1, 0.15) is 18.2 Å². The van der Waals surface area contributed by atoms with E-state index in [2.05, 4.69) is 36.2 Å². The minimum Gasteiger partial charge on any atom is -0.445 e. The maximum atomic E-state index is 13.0. The van der Waals surface area contributed by atoms with E-state index in [1.54, 1.807) is 81.6 Å². The highest BCUT2D eigenvalue weighted by Crippen LogP contribution is 2.31. The van der Waals surface area contributed by atoms with Crippen LogP contribution in [0.3, 0.4) is 0 Å². The van der Waals surface area contributed by atoms with Gasteiger partial charge in [0, 0.05) is 17.6 Å². The molecule has 3 aromatic carbocycles. The number of sulfone groups is 1. The topological polar surface area (TPSA) is 167 Å². The quantitative estimate of drug-likeness (QED) is 0.120. The molecule has 0 radical (unpaired) electrons. The van der Waals surface area contributed by atoms with Gasteiger partial charge in [-0.1, -0.05) is 48.5 Å². The molecule has 2 heterocycles. The highest BCUT2D eigenvalue weighted by molar-refractivity contribution is 7.92. The molecule has 232 valence electrons. The number of amides is 2. The molecule has 0 fully saturated rings. The van der Waals surface area contributed by atoms with Crippen LogP contribution in [0.5, 0.6) is 0 Å². The van der Waals surface area contributed by atoms with E-state index in [9.17, 15) is 18.0 Å². The van der Waals surface area contributed by atoms with Crippen LogP contribution in [0.25, 0.3) is 11.0 Å². The zero-order valence-electron chi connectivity index (χ0n) is 24.9. The molecule has 45 heavy (non-hydrogen) atoms. The van der Waals surface area contributed by atoms with Crippen molar-refractivity contribution < 1.29 is 22.7 Å². The van der Waals surface area contributed by atoms with Crippen molar-refractivity contribution in [2.24, 2.45) is 0 Å². The van der Waals surface area contributed by atoms with Crippen LogP contribution in [0.4, 0.5) is 33.6 Å². The van der Waals surface area contributed by atoms with Crippen molar-refractivity contribution in [1.82, 2.24) is 20.3 Å². The predicted molar refractivity (Wildman–Crippen MR) is 174 cm³/mol. The van der Waals surface area contributed by atoms with E-state index in [0.717, 1.165) is 5.56 Å². The summed E-state index contributed by atoms with van der Waals surface area (Å²) in [6.45, 7) is 4.92. The van der Waals surface area contributed by atoms with Crippen molar-refractivity contribution in [3.63, 3.8) is 0 Å². The van der Waals surface area contributed by atoms with E-state index >= 15 is 0 Å². The lowest BCUT2D eigenvalue weighted by Gasteiger charge is -2.16. The molecule has 0 spiro atoms. The van der Waals surface area contributed by atoms with Gasteiger partial charge in [-0.3, -0.25) is 4.79 Å². The number of rotatable bonds is 11. The Morgan fingerprint density at radius 2 is 1.60 bits per heavy atom. The molecule has 5 rings (SSSR count). The summed E-state index contributed by atoms with van der Waals surface area (Å²) < 4.78 is 31.2. The third-order valence-corrected chi connectivity index (χ3v) is 9.01. The molecule has 2 aromatic heterocycles. The Morgan fingerprint density at radius 3 is 2.38 bits per heavy atom. The Kier molecular flexibility index (Phi) is 9.28. The van der Waals surface area contributed by atoms with Gasteiger partial charge in [-0.05, 0) is 62.7 Å². The van der Waals surface area contributed by atoms with Gasteiger partial charge in [0.25, 0.3) is 0 Å². The Labute approximate surface area is 260 Å². The first-order chi connectivity index (χ1) is 21.6. The average Bonchev–Trinajstić information content (AvgIpc) is 3.50. The van der Waals surface area contributed by atoms with Gasteiger partial charge in [0.15, 0.2) is 15.7 Å². The van der Waals surface area contributed by atoms with Crippen LogP contribution in [-0.2, 0) is 26.0 Å². The number of hydrogen-bond donors (Lipinski definition) is 5. The fraction of sp³-hybridized carbons (Fsp3) is 0.188. The van der Waals surface area contributed by atoms with Crippen molar-refractivity contribution >= 4 is 61.7 Å². The largest absolute Gasteiger partial charge is 0.445 e. The zero-order chi connectivity index (χ0) is 32.0. The van der Waals surface area contributed by atoms with Gasteiger partial charge < -0.3 is 31.0 Å². The maximum absolute atomic E-state index is 13.0. The molecule has 0 saturated heterocycles. The fourth-order valence-corrected chi connectivity index (χ4v) is 5.55. The minimum atomic E-state index is -3.57. The lowest BCUT2D eigenvalue weighted by atomic mass is 10.2. The van der Waals surface area contributed by atoms with Gasteiger partial charge in [0.05, 0.1) is 21.3 Å². The first kappa shape index (κ1) is 31.0. The summed E-state index contributed by atoms with van der Waals surface area (Å²) >= 11 is 0. The number of nitrogens with zero attached hydrogens (tertiary/aromatic N) is 2. The van der Waals surface area contributed by atoms with Crippen LogP contribution >= 0.6 is 0 Å². The number of anilines is 5. The van der Waals surface area contributed by atoms with Crippen LogP contribution < -0.4 is 21.3 Å². The normalized spacial score (nSPS) is 12.0. The first-order valence-electron chi connectivity index (χ1n) is 14.2. The summed E-state index contributed by atoms with van der Waals surface area (Å²) in [6.07, 6.45) is 1.01. The highest BCUT2D eigenvalue weighted by Gasteiger charge is 2.23.